The van der Waals surface area contributed by atoms with E-state index in [9.17, 15) is 13.2 Å². The van der Waals surface area contributed by atoms with Crippen molar-refractivity contribution in [3.8, 4) is 0 Å². The van der Waals surface area contributed by atoms with Crippen LogP contribution in [0.15, 0.2) is 54.6 Å². The molecular formula is C24H30N4O3S. The molecule has 1 unspecified atom stereocenters. The van der Waals surface area contributed by atoms with E-state index in [4.69, 9.17) is 0 Å². The van der Waals surface area contributed by atoms with Crippen LogP contribution < -0.4 is 5.32 Å². The van der Waals surface area contributed by atoms with E-state index in [2.05, 4.69) is 29.1 Å². The molecule has 1 amide bonds. The number of carbonyl (C=O) groups excluding carboxylic acids is 1. The molecule has 1 aromatic heterocycles. The van der Waals surface area contributed by atoms with Gasteiger partial charge in [0.25, 0.3) is 0 Å². The van der Waals surface area contributed by atoms with Gasteiger partial charge in [-0.05, 0) is 36.5 Å². The van der Waals surface area contributed by atoms with Crippen LogP contribution in [-0.2, 0) is 20.6 Å². The number of imidazole rings is 1. The topological polar surface area (TPSA) is 95.2 Å². The van der Waals surface area contributed by atoms with Crippen LogP contribution in [0.3, 0.4) is 0 Å². The van der Waals surface area contributed by atoms with Crippen molar-refractivity contribution in [2.45, 2.75) is 38.5 Å². The molecule has 0 spiro atoms. The highest BCUT2D eigenvalue weighted by Gasteiger charge is 2.33. The van der Waals surface area contributed by atoms with Gasteiger partial charge in [-0.2, -0.15) is 0 Å². The summed E-state index contributed by atoms with van der Waals surface area (Å²) in [6.07, 6.45) is 1.04. The largest absolute Gasteiger partial charge is 0.346 e. The number of benzene rings is 2. The number of aromatic amines is 1. The Balaban J connectivity index is 1.38. The minimum absolute atomic E-state index is 0.00776. The van der Waals surface area contributed by atoms with Crippen LogP contribution in [0.2, 0.25) is 0 Å². The maximum atomic E-state index is 13.0. The van der Waals surface area contributed by atoms with Gasteiger partial charge in [-0.3, -0.25) is 4.79 Å². The highest BCUT2D eigenvalue weighted by molar-refractivity contribution is 7.88. The SMILES string of the molecule is CC(C)C(NC(=O)C1CCN(S(=O)(=O)Cc2ccccc2)CC1)c1nc2ccccc2[nH]1. The van der Waals surface area contributed by atoms with Gasteiger partial charge in [-0.1, -0.05) is 56.3 Å². The molecule has 2 heterocycles. The number of sulfonamides is 1. The van der Waals surface area contributed by atoms with Crippen LogP contribution in [0.5, 0.6) is 0 Å². The van der Waals surface area contributed by atoms with Crippen LogP contribution in [0.1, 0.15) is 44.1 Å². The highest BCUT2D eigenvalue weighted by atomic mass is 32.2. The normalized spacial score (nSPS) is 17.0. The summed E-state index contributed by atoms with van der Waals surface area (Å²) in [6.45, 7) is 4.84. The fourth-order valence-corrected chi connectivity index (χ4v) is 5.78. The Morgan fingerprint density at radius 2 is 1.75 bits per heavy atom. The smallest absolute Gasteiger partial charge is 0.223 e. The van der Waals surface area contributed by atoms with Crippen molar-refractivity contribution >= 4 is 27.0 Å². The van der Waals surface area contributed by atoms with Crippen LogP contribution in [-0.4, -0.2) is 41.7 Å². The number of aromatic nitrogens is 2. The first-order valence-corrected chi connectivity index (χ1v) is 12.7. The number of amides is 1. The molecule has 0 bridgehead atoms. The Hall–Kier alpha value is -2.71. The molecule has 8 heteroatoms. The summed E-state index contributed by atoms with van der Waals surface area (Å²) in [5.41, 5.74) is 2.59. The summed E-state index contributed by atoms with van der Waals surface area (Å²) in [4.78, 5) is 21.0. The number of para-hydroxylation sites is 2. The van der Waals surface area contributed by atoms with E-state index in [0.29, 0.717) is 25.9 Å². The average Bonchev–Trinajstić information content (AvgIpc) is 3.21. The predicted octanol–water partition coefficient (Wildman–Crippen LogP) is 3.62. The lowest BCUT2D eigenvalue weighted by atomic mass is 9.95. The van der Waals surface area contributed by atoms with Gasteiger partial charge < -0.3 is 10.3 Å². The third-order valence-corrected chi connectivity index (χ3v) is 7.93. The first-order valence-electron chi connectivity index (χ1n) is 11.1. The third-order valence-electron chi connectivity index (χ3n) is 6.08. The number of piperidine rings is 1. The number of hydrogen-bond acceptors (Lipinski definition) is 4. The Bertz CT molecular complexity index is 1130. The fraction of sp³-hybridized carbons (Fsp3) is 0.417. The molecule has 4 rings (SSSR count). The summed E-state index contributed by atoms with van der Waals surface area (Å²) in [7, 11) is -3.39. The molecule has 1 aliphatic heterocycles. The van der Waals surface area contributed by atoms with Gasteiger partial charge in [-0.25, -0.2) is 17.7 Å². The monoisotopic (exact) mass is 454 g/mol. The molecule has 1 atom stereocenters. The van der Waals surface area contributed by atoms with Gasteiger partial charge in [-0.15, -0.1) is 0 Å². The van der Waals surface area contributed by atoms with E-state index in [-0.39, 0.29) is 29.5 Å². The quantitative estimate of drug-likeness (QED) is 0.570. The van der Waals surface area contributed by atoms with E-state index in [1.165, 1.54) is 4.31 Å². The van der Waals surface area contributed by atoms with Crippen molar-refractivity contribution in [3.05, 3.63) is 66.0 Å². The summed E-state index contributed by atoms with van der Waals surface area (Å²) in [5.74, 6) is 0.656. The zero-order chi connectivity index (χ0) is 22.7. The number of hydrogen-bond donors (Lipinski definition) is 2. The van der Waals surface area contributed by atoms with Crippen LogP contribution in [0.4, 0.5) is 0 Å². The zero-order valence-electron chi connectivity index (χ0n) is 18.5. The molecule has 32 heavy (non-hydrogen) atoms. The van der Waals surface area contributed by atoms with Gasteiger partial charge in [0.05, 0.1) is 22.8 Å². The molecule has 3 aromatic rings. The molecule has 7 nitrogen and oxygen atoms in total. The van der Waals surface area contributed by atoms with Crippen LogP contribution in [0, 0.1) is 11.8 Å². The molecule has 2 N–H and O–H groups in total. The second-order valence-corrected chi connectivity index (χ2v) is 10.8. The Kier molecular flexibility index (Phi) is 6.62. The molecule has 170 valence electrons. The minimum Gasteiger partial charge on any atom is -0.346 e. The highest BCUT2D eigenvalue weighted by Crippen LogP contribution is 2.26. The minimum atomic E-state index is -3.39. The average molecular weight is 455 g/mol. The Morgan fingerprint density at radius 1 is 1.09 bits per heavy atom. The first kappa shape index (κ1) is 22.5. The van der Waals surface area contributed by atoms with Gasteiger partial charge in [0.2, 0.25) is 15.9 Å². The van der Waals surface area contributed by atoms with E-state index < -0.39 is 10.0 Å². The van der Waals surface area contributed by atoms with E-state index >= 15 is 0 Å². The van der Waals surface area contributed by atoms with Crippen molar-refractivity contribution in [2.75, 3.05) is 13.1 Å². The van der Waals surface area contributed by atoms with Crippen LogP contribution >= 0.6 is 0 Å². The Morgan fingerprint density at radius 3 is 2.41 bits per heavy atom. The van der Waals surface area contributed by atoms with Crippen molar-refractivity contribution < 1.29 is 13.2 Å². The number of nitrogens with zero attached hydrogens (tertiary/aromatic N) is 2. The van der Waals surface area contributed by atoms with E-state index in [1.54, 1.807) is 0 Å². The maximum Gasteiger partial charge on any atom is 0.223 e. The van der Waals surface area contributed by atoms with Gasteiger partial charge in [0, 0.05) is 19.0 Å². The van der Waals surface area contributed by atoms with Crippen molar-refractivity contribution in [1.29, 1.82) is 0 Å². The molecule has 0 saturated carbocycles. The molecule has 1 aliphatic rings. The van der Waals surface area contributed by atoms with Crippen molar-refractivity contribution in [2.24, 2.45) is 11.8 Å². The number of fused-ring (bicyclic) bond motifs is 1. The van der Waals surface area contributed by atoms with Gasteiger partial charge in [0.1, 0.15) is 5.82 Å². The lowest BCUT2D eigenvalue weighted by Crippen LogP contribution is -2.44. The van der Waals surface area contributed by atoms with Crippen LogP contribution in [0.25, 0.3) is 11.0 Å². The molecule has 1 saturated heterocycles. The standard InChI is InChI=1S/C24H30N4O3S/c1-17(2)22(23-25-20-10-6-7-11-21(20)26-23)27-24(29)19-12-14-28(15-13-19)32(30,31)16-18-8-4-3-5-9-18/h3-11,17,19,22H,12-16H2,1-2H3,(H,25,26)(H,27,29). The molecular weight excluding hydrogens is 424 g/mol. The molecule has 2 aromatic carbocycles. The number of rotatable bonds is 7. The summed E-state index contributed by atoms with van der Waals surface area (Å²) in [6, 6.07) is 16.8. The second kappa shape index (κ2) is 9.42. The Labute approximate surface area is 189 Å². The maximum absolute atomic E-state index is 13.0. The molecule has 0 aliphatic carbocycles. The van der Waals surface area contributed by atoms with Gasteiger partial charge >= 0.3 is 0 Å². The second-order valence-electron chi connectivity index (χ2n) is 8.78. The lowest BCUT2D eigenvalue weighted by Gasteiger charge is -2.32. The number of H-pyrrole nitrogens is 1. The van der Waals surface area contributed by atoms with E-state index in [0.717, 1.165) is 22.4 Å². The van der Waals surface area contributed by atoms with Gasteiger partial charge in [0.15, 0.2) is 0 Å². The number of carbonyl (C=O) groups is 1. The van der Waals surface area contributed by atoms with E-state index in [1.807, 2.05) is 54.6 Å². The zero-order valence-corrected chi connectivity index (χ0v) is 19.3. The summed E-state index contributed by atoms with van der Waals surface area (Å²) in [5, 5.41) is 3.16. The third kappa shape index (κ3) is 5.02. The first-order chi connectivity index (χ1) is 15.3. The van der Waals surface area contributed by atoms with Crippen molar-refractivity contribution in [3.63, 3.8) is 0 Å². The summed E-state index contributed by atoms with van der Waals surface area (Å²) < 4.78 is 27.1. The predicted molar refractivity (Wildman–Crippen MR) is 125 cm³/mol. The fourth-order valence-electron chi connectivity index (χ4n) is 4.21. The lowest BCUT2D eigenvalue weighted by molar-refractivity contribution is -0.127. The summed E-state index contributed by atoms with van der Waals surface area (Å²) >= 11 is 0. The number of nitrogens with one attached hydrogen (secondary N) is 2. The molecule has 1 fully saturated rings. The molecule has 0 radical (unpaired) electrons. The van der Waals surface area contributed by atoms with Crippen molar-refractivity contribution in [1.82, 2.24) is 19.6 Å².